The lowest BCUT2D eigenvalue weighted by molar-refractivity contribution is -0.0173. The van der Waals surface area contributed by atoms with Crippen molar-refractivity contribution < 1.29 is 4.74 Å². The second kappa shape index (κ2) is 6.14. The Labute approximate surface area is 105 Å². The van der Waals surface area contributed by atoms with Crippen LogP contribution in [0.15, 0.2) is 0 Å². The minimum Gasteiger partial charge on any atom is -0.381 e. The largest absolute Gasteiger partial charge is 0.381 e. The highest BCUT2D eigenvalue weighted by Crippen LogP contribution is 2.25. The molecule has 3 unspecified atom stereocenters. The van der Waals surface area contributed by atoms with Gasteiger partial charge in [-0.2, -0.15) is 0 Å². The molecule has 2 aliphatic rings. The third-order valence-corrected chi connectivity index (χ3v) is 4.39. The van der Waals surface area contributed by atoms with E-state index in [0.717, 1.165) is 25.9 Å². The maximum Gasteiger partial charge on any atom is 0.0599 e. The highest BCUT2D eigenvalue weighted by Gasteiger charge is 2.33. The first-order valence-electron chi connectivity index (χ1n) is 6.91. The summed E-state index contributed by atoms with van der Waals surface area (Å²) >= 11 is 0. The van der Waals surface area contributed by atoms with E-state index >= 15 is 0 Å². The Morgan fingerprint density at radius 1 is 1.29 bits per heavy atom. The zero-order chi connectivity index (χ0) is 12.3. The molecule has 0 saturated carbocycles. The molecule has 3 atom stereocenters. The van der Waals surface area contributed by atoms with E-state index in [-0.39, 0.29) is 0 Å². The lowest BCUT2D eigenvalue weighted by atomic mass is 9.94. The quantitative estimate of drug-likeness (QED) is 0.782. The fourth-order valence-electron chi connectivity index (χ4n) is 3.37. The van der Waals surface area contributed by atoms with E-state index in [4.69, 9.17) is 10.5 Å². The Hall–Kier alpha value is -0.160. The van der Waals surface area contributed by atoms with Crippen LogP contribution in [0.5, 0.6) is 0 Å². The van der Waals surface area contributed by atoms with E-state index in [1.807, 2.05) is 7.11 Å². The van der Waals surface area contributed by atoms with Gasteiger partial charge in [0.15, 0.2) is 0 Å². The summed E-state index contributed by atoms with van der Waals surface area (Å²) in [6.45, 7) is 4.37. The Morgan fingerprint density at radius 2 is 2.12 bits per heavy atom. The first-order chi connectivity index (χ1) is 8.24. The van der Waals surface area contributed by atoms with Crippen molar-refractivity contribution in [1.82, 2.24) is 9.80 Å². The van der Waals surface area contributed by atoms with Gasteiger partial charge >= 0.3 is 0 Å². The minimum absolute atomic E-state index is 0.418. The average molecular weight is 241 g/mol. The molecule has 2 heterocycles. The minimum atomic E-state index is 0.418. The van der Waals surface area contributed by atoms with Crippen LogP contribution in [-0.4, -0.2) is 68.3 Å². The molecule has 2 saturated heterocycles. The standard InChI is InChI=1S/C13H27N3O/c1-15-6-3-4-11(10-15)16-7-5-13(17-2)8-12(16)9-14/h11-13H,3-10,14H2,1-2H3. The molecule has 0 bridgehead atoms. The first-order valence-corrected chi connectivity index (χ1v) is 6.91. The molecule has 0 aliphatic carbocycles. The molecule has 0 amide bonds. The summed E-state index contributed by atoms with van der Waals surface area (Å²) in [5, 5.41) is 0. The van der Waals surface area contributed by atoms with E-state index in [0.29, 0.717) is 18.2 Å². The van der Waals surface area contributed by atoms with Crippen molar-refractivity contribution in [3.05, 3.63) is 0 Å². The van der Waals surface area contributed by atoms with E-state index < -0.39 is 0 Å². The molecule has 2 rings (SSSR count). The van der Waals surface area contributed by atoms with Gasteiger partial charge in [0.25, 0.3) is 0 Å². The zero-order valence-electron chi connectivity index (χ0n) is 11.3. The number of methoxy groups -OCH3 is 1. The smallest absolute Gasteiger partial charge is 0.0599 e. The topological polar surface area (TPSA) is 41.7 Å². The van der Waals surface area contributed by atoms with Gasteiger partial charge in [-0.15, -0.1) is 0 Å². The normalized spacial score (nSPS) is 37.2. The van der Waals surface area contributed by atoms with Gasteiger partial charge < -0.3 is 15.4 Å². The number of piperidine rings is 2. The van der Waals surface area contributed by atoms with Crippen molar-refractivity contribution in [3.63, 3.8) is 0 Å². The number of hydrogen-bond acceptors (Lipinski definition) is 4. The van der Waals surface area contributed by atoms with Gasteiger partial charge in [0, 0.05) is 38.8 Å². The van der Waals surface area contributed by atoms with Crippen LogP contribution in [0.1, 0.15) is 25.7 Å². The summed E-state index contributed by atoms with van der Waals surface area (Å²) in [6, 6.07) is 1.23. The molecule has 2 N–H and O–H groups in total. The molecule has 0 aromatic rings. The van der Waals surface area contributed by atoms with Gasteiger partial charge in [0.1, 0.15) is 0 Å². The van der Waals surface area contributed by atoms with Crippen LogP contribution in [-0.2, 0) is 4.74 Å². The molecular weight excluding hydrogens is 214 g/mol. The summed E-state index contributed by atoms with van der Waals surface area (Å²) in [7, 11) is 4.05. The summed E-state index contributed by atoms with van der Waals surface area (Å²) in [5.41, 5.74) is 5.94. The molecule has 2 fully saturated rings. The predicted octanol–water partition coefficient (Wildman–Crippen LogP) is 0.519. The Kier molecular flexibility index (Phi) is 4.79. The molecular formula is C13H27N3O. The third kappa shape index (κ3) is 3.19. The third-order valence-electron chi connectivity index (χ3n) is 4.39. The van der Waals surface area contributed by atoms with Crippen molar-refractivity contribution in [2.75, 3.05) is 40.3 Å². The van der Waals surface area contributed by atoms with Gasteiger partial charge in [-0.05, 0) is 39.3 Å². The van der Waals surface area contributed by atoms with E-state index in [2.05, 4.69) is 16.8 Å². The van der Waals surface area contributed by atoms with Gasteiger partial charge in [0.2, 0.25) is 0 Å². The van der Waals surface area contributed by atoms with Crippen LogP contribution in [0, 0.1) is 0 Å². The molecule has 100 valence electrons. The van der Waals surface area contributed by atoms with Crippen molar-refractivity contribution in [2.24, 2.45) is 5.73 Å². The van der Waals surface area contributed by atoms with Crippen LogP contribution in [0.25, 0.3) is 0 Å². The van der Waals surface area contributed by atoms with Crippen molar-refractivity contribution in [3.8, 4) is 0 Å². The first kappa shape index (κ1) is 13.3. The lowest BCUT2D eigenvalue weighted by Gasteiger charge is -2.46. The molecule has 4 heteroatoms. The molecule has 4 nitrogen and oxygen atoms in total. The molecule has 2 aliphatic heterocycles. The monoisotopic (exact) mass is 241 g/mol. The number of ether oxygens (including phenoxy) is 1. The fraction of sp³-hybridized carbons (Fsp3) is 1.00. The van der Waals surface area contributed by atoms with Crippen molar-refractivity contribution in [1.29, 1.82) is 0 Å². The summed E-state index contributed by atoms with van der Waals surface area (Å²) in [4.78, 5) is 5.09. The van der Waals surface area contributed by atoms with Crippen LogP contribution in [0.3, 0.4) is 0 Å². The number of likely N-dealkylation sites (N-methyl/N-ethyl adjacent to an activating group) is 1. The zero-order valence-corrected chi connectivity index (χ0v) is 11.3. The van der Waals surface area contributed by atoms with Crippen molar-refractivity contribution >= 4 is 0 Å². The molecule has 0 spiro atoms. The average Bonchev–Trinajstić information content (AvgIpc) is 2.38. The second-order valence-electron chi connectivity index (χ2n) is 5.57. The summed E-state index contributed by atoms with van der Waals surface area (Å²) < 4.78 is 5.49. The van der Waals surface area contributed by atoms with Crippen LogP contribution >= 0.6 is 0 Å². The molecule has 0 aromatic heterocycles. The number of nitrogens with two attached hydrogens (primary N) is 1. The van der Waals surface area contributed by atoms with E-state index in [9.17, 15) is 0 Å². The lowest BCUT2D eigenvalue weighted by Crippen LogP contribution is -2.56. The molecule has 0 aromatic carbocycles. The summed E-state index contributed by atoms with van der Waals surface area (Å²) in [6.07, 6.45) is 5.34. The number of rotatable bonds is 3. The van der Waals surface area contributed by atoms with Crippen LogP contribution in [0.4, 0.5) is 0 Å². The van der Waals surface area contributed by atoms with E-state index in [1.54, 1.807) is 0 Å². The molecule has 0 radical (unpaired) electrons. The van der Waals surface area contributed by atoms with Crippen molar-refractivity contribution in [2.45, 2.75) is 43.9 Å². The van der Waals surface area contributed by atoms with E-state index in [1.165, 1.54) is 25.9 Å². The highest BCUT2D eigenvalue weighted by molar-refractivity contribution is 4.89. The Bertz CT molecular complexity index is 237. The Balaban J connectivity index is 1.94. The predicted molar refractivity (Wildman–Crippen MR) is 70.1 cm³/mol. The number of likely N-dealkylation sites (tertiary alicyclic amines) is 2. The van der Waals surface area contributed by atoms with Crippen LogP contribution < -0.4 is 5.73 Å². The maximum absolute atomic E-state index is 5.94. The molecule has 17 heavy (non-hydrogen) atoms. The fourth-order valence-corrected chi connectivity index (χ4v) is 3.37. The van der Waals surface area contributed by atoms with Gasteiger partial charge in [0.05, 0.1) is 6.10 Å². The number of hydrogen-bond donors (Lipinski definition) is 1. The SMILES string of the molecule is COC1CCN(C2CCCN(C)C2)C(CN)C1. The van der Waals surface area contributed by atoms with Crippen LogP contribution in [0.2, 0.25) is 0 Å². The summed E-state index contributed by atoms with van der Waals surface area (Å²) in [5.74, 6) is 0. The van der Waals surface area contributed by atoms with Gasteiger partial charge in [-0.1, -0.05) is 0 Å². The Morgan fingerprint density at radius 3 is 2.76 bits per heavy atom. The number of nitrogens with zero attached hydrogens (tertiary/aromatic N) is 2. The maximum atomic E-state index is 5.94. The van der Waals surface area contributed by atoms with Gasteiger partial charge in [-0.3, -0.25) is 4.90 Å². The second-order valence-corrected chi connectivity index (χ2v) is 5.57. The van der Waals surface area contributed by atoms with Gasteiger partial charge in [-0.25, -0.2) is 0 Å². The highest BCUT2D eigenvalue weighted by atomic mass is 16.5.